The molecule has 1 N–H and O–H groups in total. The van der Waals surface area contributed by atoms with Crippen molar-refractivity contribution in [3.8, 4) is 16.9 Å². The van der Waals surface area contributed by atoms with Gasteiger partial charge in [-0.2, -0.15) is 0 Å². The monoisotopic (exact) mass is 559 g/mol. The van der Waals surface area contributed by atoms with E-state index in [4.69, 9.17) is 16.3 Å². The molecule has 3 aromatic heterocycles. The number of carbonyl (C=O) groups excluding carboxylic acids is 1. The third-order valence-corrected chi connectivity index (χ3v) is 7.65. The average molecular weight is 560 g/mol. The minimum Gasteiger partial charge on any atom is -0.494 e. The molecule has 3 heterocycles. The molecule has 0 radical (unpaired) electrons. The van der Waals surface area contributed by atoms with Crippen molar-refractivity contribution < 1.29 is 9.53 Å². The highest BCUT2D eigenvalue weighted by Crippen LogP contribution is 2.34. The summed E-state index contributed by atoms with van der Waals surface area (Å²) in [7, 11) is 1.56. The molecule has 208 valence electrons. The molecule has 3 aromatic rings. The Bertz CT molecular complexity index is 1150. The van der Waals surface area contributed by atoms with Gasteiger partial charge in [0, 0.05) is 29.4 Å². The van der Waals surface area contributed by atoms with Crippen LogP contribution in [0.15, 0.2) is 24.5 Å². The Kier molecular flexibility index (Phi) is 13.7. The quantitative estimate of drug-likeness (QED) is 0.211. The Morgan fingerprint density at radius 1 is 1.05 bits per heavy atom. The Morgan fingerprint density at radius 3 is 2.50 bits per heavy atom. The number of ether oxygens (including phenoxy) is 1. The molecule has 9 heteroatoms. The lowest BCUT2D eigenvalue weighted by atomic mass is 9.89. The zero-order chi connectivity index (χ0) is 28.1. The number of carbonyl (C=O) groups is 1. The molecular weight excluding hydrogens is 518 g/mol. The highest BCUT2D eigenvalue weighted by atomic mass is 35.5. The van der Waals surface area contributed by atoms with Crippen LogP contribution in [0.4, 0.5) is 5.13 Å². The van der Waals surface area contributed by atoms with Gasteiger partial charge in [-0.05, 0) is 37.3 Å². The van der Waals surface area contributed by atoms with Crippen LogP contribution in [-0.4, -0.2) is 33.2 Å². The fraction of sp³-hybridized carbons (Fsp3) is 0.552. The van der Waals surface area contributed by atoms with Gasteiger partial charge >= 0.3 is 0 Å². The molecule has 3 rings (SSSR count). The van der Waals surface area contributed by atoms with E-state index in [-0.39, 0.29) is 5.91 Å². The molecule has 2 atom stereocenters. The highest BCUT2D eigenvalue weighted by molar-refractivity contribution is 7.15. The van der Waals surface area contributed by atoms with Crippen molar-refractivity contribution in [3.63, 3.8) is 0 Å². The van der Waals surface area contributed by atoms with Crippen LogP contribution in [0.5, 0.6) is 5.75 Å². The van der Waals surface area contributed by atoms with E-state index in [1.54, 1.807) is 25.6 Å². The van der Waals surface area contributed by atoms with Crippen LogP contribution in [-0.2, 0) is 6.42 Å². The van der Waals surface area contributed by atoms with Crippen LogP contribution in [0, 0.1) is 18.8 Å². The normalized spacial score (nSPS) is 12.3. The number of aromatic nitrogens is 4. The molecule has 0 aliphatic rings. The fourth-order valence-electron chi connectivity index (χ4n) is 4.22. The third-order valence-electron chi connectivity index (χ3n) is 6.54. The van der Waals surface area contributed by atoms with Crippen molar-refractivity contribution in [2.75, 3.05) is 12.4 Å². The minimum atomic E-state index is -0.312. The van der Waals surface area contributed by atoms with Gasteiger partial charge in [0.1, 0.15) is 15.9 Å². The number of pyridine rings is 2. The van der Waals surface area contributed by atoms with Crippen molar-refractivity contribution in [2.24, 2.45) is 11.8 Å². The van der Waals surface area contributed by atoms with Crippen LogP contribution < -0.4 is 10.1 Å². The first-order chi connectivity index (χ1) is 18.3. The van der Waals surface area contributed by atoms with Crippen LogP contribution in [0.2, 0.25) is 5.15 Å². The molecular formula is C29H42ClN5O2S. The molecule has 0 aliphatic carbocycles. The summed E-state index contributed by atoms with van der Waals surface area (Å²) in [5.41, 5.74) is 2.50. The van der Waals surface area contributed by atoms with E-state index in [0.717, 1.165) is 29.5 Å². The third kappa shape index (κ3) is 9.31. The molecule has 0 saturated carbocycles. The van der Waals surface area contributed by atoms with Crippen molar-refractivity contribution >= 4 is 34.0 Å². The zero-order valence-electron chi connectivity index (χ0n) is 23.8. The summed E-state index contributed by atoms with van der Waals surface area (Å²) in [6.45, 7) is 12.7. The number of hydrogen-bond acceptors (Lipinski definition) is 7. The number of nitrogens with zero attached hydrogens (tertiary/aromatic N) is 4. The number of hydrogen-bond donors (Lipinski definition) is 1. The highest BCUT2D eigenvalue weighted by Gasteiger charge is 2.20. The van der Waals surface area contributed by atoms with Crippen LogP contribution >= 0.6 is 22.9 Å². The molecule has 0 aliphatic heterocycles. The largest absolute Gasteiger partial charge is 0.494 e. The molecule has 2 unspecified atom stereocenters. The van der Waals surface area contributed by atoms with Crippen molar-refractivity contribution in [1.29, 1.82) is 0 Å². The van der Waals surface area contributed by atoms with E-state index >= 15 is 0 Å². The lowest BCUT2D eigenvalue weighted by Gasteiger charge is -2.17. The Balaban J connectivity index is 0.00000247. The Morgan fingerprint density at radius 2 is 1.82 bits per heavy atom. The van der Waals surface area contributed by atoms with Crippen molar-refractivity contribution in [1.82, 2.24) is 20.2 Å². The van der Waals surface area contributed by atoms with Gasteiger partial charge in [0.15, 0.2) is 0 Å². The number of halogens is 1. The SMILES string of the molecule is CC.CCCC(CCc1nnc(NC(=O)c2cnc(C)cc2-c2cc(Cl)ncc2OC)s1)CCC(C)CC. The maximum atomic E-state index is 13.2. The standard InChI is InChI=1S/C27H36ClN5O2S.C2H6/c1-6-8-19(10-9-17(3)7-2)11-12-25-32-33-27(36-25)31-26(34)22-15-29-18(4)13-20(22)21-14-24(28)30-16-23(21)35-5;1-2/h13-17,19H,6-12H2,1-5H3,(H,31,33,34);1-2H3. The fourth-order valence-corrected chi connectivity index (χ4v) is 5.12. The van der Waals surface area contributed by atoms with Gasteiger partial charge in [0.2, 0.25) is 5.13 Å². The van der Waals surface area contributed by atoms with Crippen LogP contribution in [0.3, 0.4) is 0 Å². The number of rotatable bonds is 13. The average Bonchev–Trinajstić information content (AvgIpc) is 3.38. The first-order valence-electron chi connectivity index (χ1n) is 13.6. The summed E-state index contributed by atoms with van der Waals surface area (Å²) < 4.78 is 5.46. The van der Waals surface area contributed by atoms with Gasteiger partial charge in [-0.1, -0.05) is 89.7 Å². The summed E-state index contributed by atoms with van der Waals surface area (Å²) in [4.78, 5) is 21.6. The van der Waals surface area contributed by atoms with Crippen LogP contribution in [0.1, 0.15) is 94.2 Å². The van der Waals surface area contributed by atoms with Gasteiger partial charge in [0.25, 0.3) is 5.91 Å². The number of aryl methyl sites for hydroxylation is 2. The van der Waals surface area contributed by atoms with Gasteiger partial charge < -0.3 is 4.74 Å². The second-order valence-electron chi connectivity index (χ2n) is 9.32. The number of methoxy groups -OCH3 is 1. The lowest BCUT2D eigenvalue weighted by Crippen LogP contribution is -2.14. The summed E-state index contributed by atoms with van der Waals surface area (Å²) in [5, 5.41) is 13.2. The molecule has 38 heavy (non-hydrogen) atoms. The predicted molar refractivity (Wildman–Crippen MR) is 158 cm³/mol. The second kappa shape index (κ2) is 16.4. The topological polar surface area (TPSA) is 89.9 Å². The smallest absolute Gasteiger partial charge is 0.259 e. The second-order valence-corrected chi connectivity index (χ2v) is 10.8. The van der Waals surface area contributed by atoms with E-state index in [0.29, 0.717) is 38.6 Å². The maximum Gasteiger partial charge on any atom is 0.259 e. The van der Waals surface area contributed by atoms with E-state index in [1.807, 2.05) is 26.8 Å². The Labute approximate surface area is 236 Å². The van der Waals surface area contributed by atoms with Crippen molar-refractivity contribution in [2.45, 2.75) is 86.5 Å². The first-order valence-corrected chi connectivity index (χ1v) is 14.8. The summed E-state index contributed by atoms with van der Waals surface area (Å²) in [6.07, 6.45) is 11.3. The van der Waals surface area contributed by atoms with E-state index < -0.39 is 0 Å². The van der Waals surface area contributed by atoms with Gasteiger partial charge in [-0.25, -0.2) is 4.98 Å². The molecule has 0 bridgehead atoms. The molecule has 0 spiro atoms. The minimum absolute atomic E-state index is 0.311. The van der Waals surface area contributed by atoms with Gasteiger partial charge in [-0.3, -0.25) is 15.1 Å². The molecule has 7 nitrogen and oxygen atoms in total. The predicted octanol–water partition coefficient (Wildman–Crippen LogP) is 8.42. The van der Waals surface area contributed by atoms with Gasteiger partial charge in [0.05, 0.1) is 18.9 Å². The number of anilines is 1. The van der Waals surface area contributed by atoms with E-state index in [1.165, 1.54) is 43.4 Å². The number of nitrogens with one attached hydrogen (secondary N) is 1. The van der Waals surface area contributed by atoms with Crippen LogP contribution in [0.25, 0.3) is 11.1 Å². The molecule has 1 amide bonds. The number of amides is 1. The molecule has 0 saturated heterocycles. The van der Waals surface area contributed by atoms with E-state index in [9.17, 15) is 4.79 Å². The first kappa shape index (κ1) is 31.6. The van der Waals surface area contributed by atoms with Gasteiger partial charge in [-0.15, -0.1) is 10.2 Å². The van der Waals surface area contributed by atoms with E-state index in [2.05, 4.69) is 46.3 Å². The zero-order valence-corrected chi connectivity index (χ0v) is 25.4. The van der Waals surface area contributed by atoms with Crippen molar-refractivity contribution in [3.05, 3.63) is 45.9 Å². The summed E-state index contributed by atoms with van der Waals surface area (Å²) in [6, 6.07) is 3.52. The lowest BCUT2D eigenvalue weighted by molar-refractivity contribution is 0.102. The Hall–Kier alpha value is -2.58. The molecule has 0 fully saturated rings. The molecule has 0 aromatic carbocycles. The maximum absolute atomic E-state index is 13.2. The summed E-state index contributed by atoms with van der Waals surface area (Å²) in [5.74, 6) is 1.69. The summed E-state index contributed by atoms with van der Waals surface area (Å²) >= 11 is 7.57.